The van der Waals surface area contributed by atoms with Gasteiger partial charge in [0, 0.05) is 17.7 Å². The van der Waals surface area contributed by atoms with Crippen LogP contribution < -0.4 is 16.4 Å². The van der Waals surface area contributed by atoms with Crippen LogP contribution in [0.25, 0.3) is 0 Å². The molecule has 12 nitrogen and oxygen atoms in total. The van der Waals surface area contributed by atoms with Crippen LogP contribution in [0.3, 0.4) is 0 Å². The molecular formula is C18H20N6O6. The smallest absolute Gasteiger partial charge is 0.326 e. The van der Waals surface area contributed by atoms with Gasteiger partial charge < -0.3 is 31.7 Å². The van der Waals surface area contributed by atoms with Gasteiger partial charge in [-0.2, -0.15) is 0 Å². The molecule has 0 aromatic heterocycles. The minimum Gasteiger partial charge on any atom is -0.493 e. The Bertz CT molecular complexity index is 946. The second-order valence-corrected chi connectivity index (χ2v) is 6.17. The largest absolute Gasteiger partial charge is 0.493 e. The Hall–Kier alpha value is -4.22. The number of aliphatic carboxylic acids is 2. The first-order valence-electron chi connectivity index (χ1n) is 8.66. The highest BCUT2D eigenvalue weighted by atomic mass is 16.4. The van der Waals surface area contributed by atoms with Crippen LogP contribution in [-0.4, -0.2) is 63.5 Å². The van der Waals surface area contributed by atoms with Gasteiger partial charge >= 0.3 is 11.9 Å². The normalized spacial score (nSPS) is 15.7. The average molecular weight is 416 g/mol. The van der Waals surface area contributed by atoms with Crippen molar-refractivity contribution >= 4 is 41.3 Å². The van der Waals surface area contributed by atoms with Crippen molar-refractivity contribution in [1.82, 2.24) is 5.32 Å². The maximum atomic E-state index is 12.2. The highest BCUT2D eigenvalue weighted by Gasteiger charge is 2.21. The molecule has 2 rings (SSSR count). The van der Waals surface area contributed by atoms with Gasteiger partial charge in [0.25, 0.3) is 5.91 Å². The van der Waals surface area contributed by atoms with Gasteiger partial charge in [-0.1, -0.05) is 0 Å². The van der Waals surface area contributed by atoms with Crippen molar-refractivity contribution in [2.45, 2.75) is 18.9 Å². The summed E-state index contributed by atoms with van der Waals surface area (Å²) < 4.78 is 0. The van der Waals surface area contributed by atoms with Gasteiger partial charge in [0.05, 0.1) is 18.5 Å². The molecule has 0 saturated heterocycles. The Labute approximate surface area is 170 Å². The number of aliphatic imine (C=N–C) groups is 2. The summed E-state index contributed by atoms with van der Waals surface area (Å²) in [5, 5.41) is 39.9. The lowest BCUT2D eigenvalue weighted by Crippen LogP contribution is -2.41. The highest BCUT2D eigenvalue weighted by molar-refractivity contribution is 6.36. The molecule has 30 heavy (non-hydrogen) atoms. The van der Waals surface area contributed by atoms with Crippen LogP contribution in [0.5, 0.6) is 0 Å². The number of carbonyl (C=O) groups is 3. The molecule has 12 heteroatoms. The number of carboxylic acid groups (broad SMARTS) is 2. The first-order valence-corrected chi connectivity index (χ1v) is 8.66. The molecule has 1 aromatic carbocycles. The molecule has 0 saturated carbocycles. The number of amidine groups is 1. The zero-order chi connectivity index (χ0) is 22.3. The lowest BCUT2D eigenvalue weighted by atomic mass is 10.1. The first-order chi connectivity index (χ1) is 14.2. The van der Waals surface area contributed by atoms with E-state index in [-0.39, 0.29) is 36.5 Å². The molecule has 158 valence electrons. The van der Waals surface area contributed by atoms with Crippen molar-refractivity contribution in [1.29, 1.82) is 5.41 Å². The number of aliphatic hydroxyl groups is 1. The number of nitrogens with one attached hydrogen (secondary N) is 3. The van der Waals surface area contributed by atoms with Crippen molar-refractivity contribution in [3.63, 3.8) is 0 Å². The summed E-state index contributed by atoms with van der Waals surface area (Å²) in [6, 6.07) is 4.80. The Morgan fingerprint density at radius 3 is 2.37 bits per heavy atom. The van der Waals surface area contributed by atoms with Gasteiger partial charge in [-0.05, 0) is 30.7 Å². The number of carbonyl (C=O) groups excluding carboxylic acids is 1. The lowest BCUT2D eigenvalue weighted by Gasteiger charge is -2.14. The van der Waals surface area contributed by atoms with Crippen molar-refractivity contribution in [2.24, 2.45) is 15.7 Å². The first kappa shape index (κ1) is 22.1. The van der Waals surface area contributed by atoms with E-state index in [9.17, 15) is 19.5 Å². The third kappa shape index (κ3) is 6.15. The second kappa shape index (κ2) is 9.82. The summed E-state index contributed by atoms with van der Waals surface area (Å²) >= 11 is 0. The SMILES string of the molecule is N=C1N=CC(CNc2ccc(C(=O)NC(CCC(=O)O)C(=O)O)cc2)=N/C1=C(/N)O. The topological polar surface area (TPSA) is 211 Å². The van der Waals surface area contributed by atoms with E-state index in [1.165, 1.54) is 18.3 Å². The molecule has 1 aromatic rings. The van der Waals surface area contributed by atoms with Crippen LogP contribution in [-0.2, 0) is 9.59 Å². The molecule has 1 aliphatic heterocycles. The third-order valence-electron chi connectivity index (χ3n) is 3.94. The van der Waals surface area contributed by atoms with E-state index in [2.05, 4.69) is 20.6 Å². The van der Waals surface area contributed by atoms with Crippen LogP contribution in [0.4, 0.5) is 5.69 Å². The van der Waals surface area contributed by atoms with E-state index in [1.54, 1.807) is 12.1 Å². The molecule has 8 N–H and O–H groups in total. The highest BCUT2D eigenvalue weighted by Crippen LogP contribution is 2.12. The maximum Gasteiger partial charge on any atom is 0.326 e. The predicted molar refractivity (Wildman–Crippen MR) is 108 cm³/mol. The van der Waals surface area contributed by atoms with E-state index in [0.717, 1.165) is 0 Å². The molecule has 0 radical (unpaired) electrons. The molecule has 1 atom stereocenters. The number of rotatable bonds is 9. The fraction of sp³-hybridized carbons (Fsp3) is 0.222. The maximum absolute atomic E-state index is 12.2. The number of benzene rings is 1. The van der Waals surface area contributed by atoms with Gasteiger partial charge in [-0.3, -0.25) is 15.0 Å². The lowest BCUT2D eigenvalue weighted by molar-refractivity contribution is -0.140. The molecule has 1 unspecified atom stereocenters. The van der Waals surface area contributed by atoms with Gasteiger partial charge in [0.2, 0.25) is 5.88 Å². The van der Waals surface area contributed by atoms with Gasteiger partial charge in [-0.25, -0.2) is 14.8 Å². The van der Waals surface area contributed by atoms with Crippen molar-refractivity contribution in [3.8, 4) is 0 Å². The summed E-state index contributed by atoms with van der Waals surface area (Å²) in [6.45, 7) is 0.204. The van der Waals surface area contributed by atoms with Crippen molar-refractivity contribution in [2.75, 3.05) is 11.9 Å². The van der Waals surface area contributed by atoms with Gasteiger partial charge in [0.15, 0.2) is 11.5 Å². The minimum absolute atomic E-state index is 0.128. The van der Waals surface area contributed by atoms with Crippen LogP contribution in [0.2, 0.25) is 0 Å². The molecule has 1 heterocycles. The Morgan fingerprint density at radius 1 is 1.13 bits per heavy atom. The van der Waals surface area contributed by atoms with Crippen LogP contribution in [0.15, 0.2) is 45.8 Å². The summed E-state index contributed by atoms with van der Waals surface area (Å²) in [7, 11) is 0. The standard InChI is InChI=1S/C18H20N6O6/c19-15-14(16(20)27)23-11(8-22-15)7-21-10-3-1-9(2-4-10)17(28)24-12(18(29)30)5-6-13(25)26/h1-4,8,12,19,21,27H,5-7,20H2,(H,24,28)(H,25,26)(H,29,30)/b16-14-,19-15?. The molecule has 0 bridgehead atoms. The number of hydrogen-bond acceptors (Lipinski definition) is 8. The average Bonchev–Trinajstić information content (AvgIpc) is 2.70. The van der Waals surface area contributed by atoms with E-state index >= 15 is 0 Å². The second-order valence-electron chi connectivity index (χ2n) is 6.17. The van der Waals surface area contributed by atoms with E-state index in [4.69, 9.17) is 21.4 Å². The Morgan fingerprint density at radius 2 is 1.80 bits per heavy atom. The molecule has 0 fully saturated rings. The summed E-state index contributed by atoms with van der Waals surface area (Å²) in [5.41, 5.74) is 6.36. The number of carboxylic acids is 2. The Kier molecular flexibility index (Phi) is 7.22. The molecule has 1 aliphatic rings. The third-order valence-corrected chi connectivity index (χ3v) is 3.94. The summed E-state index contributed by atoms with van der Waals surface area (Å²) in [5.74, 6) is -3.97. The van der Waals surface area contributed by atoms with E-state index < -0.39 is 29.8 Å². The fourth-order valence-corrected chi connectivity index (χ4v) is 2.39. The van der Waals surface area contributed by atoms with Crippen LogP contribution >= 0.6 is 0 Å². The van der Waals surface area contributed by atoms with E-state index in [1.807, 2.05) is 0 Å². The Balaban J connectivity index is 1.97. The number of aliphatic hydroxyl groups excluding tert-OH is 1. The van der Waals surface area contributed by atoms with Crippen LogP contribution in [0, 0.1) is 5.41 Å². The fourth-order valence-electron chi connectivity index (χ4n) is 2.39. The monoisotopic (exact) mass is 416 g/mol. The zero-order valence-corrected chi connectivity index (χ0v) is 15.6. The van der Waals surface area contributed by atoms with Gasteiger partial charge in [0.1, 0.15) is 6.04 Å². The van der Waals surface area contributed by atoms with Gasteiger partial charge in [-0.15, -0.1) is 0 Å². The number of amides is 1. The molecule has 0 aliphatic carbocycles. The van der Waals surface area contributed by atoms with Crippen LogP contribution in [0.1, 0.15) is 23.2 Å². The molecule has 1 amide bonds. The summed E-state index contributed by atoms with van der Waals surface area (Å²) in [6.07, 6.45) is 0.740. The number of anilines is 1. The number of hydrogen-bond donors (Lipinski definition) is 7. The van der Waals surface area contributed by atoms with Crippen molar-refractivity contribution < 1.29 is 29.7 Å². The number of nitrogens with zero attached hydrogens (tertiary/aromatic N) is 2. The van der Waals surface area contributed by atoms with Crippen molar-refractivity contribution in [3.05, 3.63) is 41.4 Å². The minimum atomic E-state index is -1.32. The molecule has 0 spiro atoms. The quantitative estimate of drug-likeness (QED) is 0.278. The molecular weight excluding hydrogens is 396 g/mol. The zero-order valence-electron chi connectivity index (χ0n) is 15.6. The number of nitrogens with two attached hydrogens (primary N) is 1. The predicted octanol–water partition coefficient (Wildman–Crippen LogP) is 0.335. The van der Waals surface area contributed by atoms with E-state index in [0.29, 0.717) is 11.4 Å². The summed E-state index contributed by atoms with van der Waals surface area (Å²) in [4.78, 5) is 41.8.